The number of carboxylic acid groups (broad SMARTS) is 1. The van der Waals surface area contributed by atoms with Crippen LogP contribution < -0.4 is 15.0 Å². The molecule has 140 valence electrons. The predicted octanol–water partition coefficient (Wildman–Crippen LogP) is 1.48. The summed E-state index contributed by atoms with van der Waals surface area (Å²) in [6.45, 7) is 6.23. The standard InChI is InChI=1S/C16H20N4O5S/c1-9-5-6-13(12(4)15(9)25-8-14(21)22)26(23,24)20-19-16-17-10(2)7-11(3)18-16/h5-7,20H,8H2,1-4H3,(H,21,22)(H,17,18,19). The van der Waals surface area contributed by atoms with Crippen molar-refractivity contribution in [2.45, 2.75) is 32.6 Å². The summed E-state index contributed by atoms with van der Waals surface area (Å²) in [7, 11) is -3.96. The van der Waals surface area contributed by atoms with E-state index in [1.54, 1.807) is 39.8 Å². The molecule has 26 heavy (non-hydrogen) atoms. The Balaban J connectivity index is 2.27. The molecule has 2 rings (SSSR count). The Hall–Kier alpha value is -2.72. The highest BCUT2D eigenvalue weighted by Crippen LogP contribution is 2.29. The number of rotatable bonds is 7. The van der Waals surface area contributed by atoms with Gasteiger partial charge in [0.05, 0.1) is 4.90 Å². The van der Waals surface area contributed by atoms with E-state index in [9.17, 15) is 13.2 Å². The maximum Gasteiger partial charge on any atom is 0.341 e. The molecule has 0 atom stereocenters. The van der Waals surface area contributed by atoms with Crippen LogP contribution in [0.1, 0.15) is 22.5 Å². The van der Waals surface area contributed by atoms with Crippen LogP contribution in [0.5, 0.6) is 5.75 Å². The molecule has 3 N–H and O–H groups in total. The van der Waals surface area contributed by atoms with E-state index in [2.05, 4.69) is 20.2 Å². The van der Waals surface area contributed by atoms with Crippen LogP contribution in [0.4, 0.5) is 5.95 Å². The zero-order valence-electron chi connectivity index (χ0n) is 14.8. The first kappa shape index (κ1) is 19.6. The average Bonchev–Trinajstić information content (AvgIpc) is 2.51. The number of nitrogens with one attached hydrogen (secondary N) is 2. The molecule has 0 radical (unpaired) electrons. The second-order valence-corrected chi connectivity index (χ2v) is 7.37. The molecule has 2 aromatic rings. The lowest BCUT2D eigenvalue weighted by Crippen LogP contribution is -2.31. The minimum Gasteiger partial charge on any atom is -0.481 e. The van der Waals surface area contributed by atoms with E-state index in [0.717, 1.165) is 0 Å². The lowest BCUT2D eigenvalue weighted by atomic mass is 10.1. The number of aromatic nitrogens is 2. The summed E-state index contributed by atoms with van der Waals surface area (Å²) in [5.74, 6) is -0.806. The largest absolute Gasteiger partial charge is 0.481 e. The Bertz CT molecular complexity index is 924. The summed E-state index contributed by atoms with van der Waals surface area (Å²) < 4.78 is 30.4. The minimum atomic E-state index is -3.96. The van der Waals surface area contributed by atoms with Crippen LogP contribution in [-0.2, 0) is 14.8 Å². The van der Waals surface area contributed by atoms with Gasteiger partial charge in [0, 0.05) is 17.0 Å². The Morgan fingerprint density at radius 1 is 1.15 bits per heavy atom. The van der Waals surface area contributed by atoms with Gasteiger partial charge in [-0.25, -0.2) is 23.2 Å². The summed E-state index contributed by atoms with van der Waals surface area (Å²) in [5, 5.41) is 8.76. The Morgan fingerprint density at radius 3 is 2.35 bits per heavy atom. The monoisotopic (exact) mass is 380 g/mol. The number of sulfonamides is 1. The summed E-state index contributed by atoms with van der Waals surface area (Å²) >= 11 is 0. The molecule has 0 fully saturated rings. The van der Waals surface area contributed by atoms with Gasteiger partial charge < -0.3 is 9.84 Å². The SMILES string of the molecule is Cc1cc(C)nc(NNS(=O)(=O)c2ccc(C)c(OCC(=O)O)c2C)n1. The predicted molar refractivity (Wildman–Crippen MR) is 94.5 cm³/mol. The van der Waals surface area contributed by atoms with Gasteiger partial charge in [-0.15, -0.1) is 4.83 Å². The number of benzene rings is 1. The van der Waals surface area contributed by atoms with Crippen molar-refractivity contribution in [3.63, 3.8) is 0 Å². The molecule has 0 saturated carbocycles. The van der Waals surface area contributed by atoms with Gasteiger partial charge in [-0.2, -0.15) is 0 Å². The molecule has 0 unspecified atom stereocenters. The van der Waals surface area contributed by atoms with E-state index in [4.69, 9.17) is 9.84 Å². The number of hydrazine groups is 1. The molecule has 0 amide bonds. The summed E-state index contributed by atoms with van der Waals surface area (Å²) in [6.07, 6.45) is 0. The number of hydrogen-bond acceptors (Lipinski definition) is 7. The third-order valence-electron chi connectivity index (χ3n) is 3.46. The Labute approximate surface area is 151 Å². The number of nitrogens with zero attached hydrogens (tertiary/aromatic N) is 2. The van der Waals surface area contributed by atoms with Crippen molar-refractivity contribution in [1.29, 1.82) is 0 Å². The molecule has 10 heteroatoms. The molecule has 0 spiro atoms. The number of ether oxygens (including phenoxy) is 1. The molecule has 1 aromatic carbocycles. The van der Waals surface area contributed by atoms with Crippen molar-refractivity contribution in [3.05, 3.63) is 40.7 Å². The molecule has 1 aromatic heterocycles. The number of carboxylic acids is 1. The second kappa shape index (κ2) is 7.67. The van der Waals surface area contributed by atoms with Crippen molar-refractivity contribution in [2.24, 2.45) is 0 Å². The van der Waals surface area contributed by atoms with Crippen LogP contribution in [0.2, 0.25) is 0 Å². The first-order valence-corrected chi connectivity index (χ1v) is 9.13. The van der Waals surface area contributed by atoms with Gasteiger partial charge in [0.15, 0.2) is 6.61 Å². The van der Waals surface area contributed by atoms with E-state index in [1.165, 1.54) is 6.07 Å². The summed E-state index contributed by atoms with van der Waals surface area (Å²) in [5.41, 5.74) is 4.80. The maximum absolute atomic E-state index is 12.6. The Morgan fingerprint density at radius 2 is 1.77 bits per heavy atom. The molecule has 0 aliphatic carbocycles. The van der Waals surface area contributed by atoms with Crippen LogP contribution >= 0.6 is 0 Å². The highest BCUT2D eigenvalue weighted by atomic mass is 32.2. The smallest absolute Gasteiger partial charge is 0.341 e. The van der Waals surface area contributed by atoms with Crippen molar-refractivity contribution in [2.75, 3.05) is 12.0 Å². The molecule has 9 nitrogen and oxygen atoms in total. The van der Waals surface area contributed by atoms with Crippen molar-refractivity contribution < 1.29 is 23.1 Å². The molecule has 0 bridgehead atoms. The van der Waals surface area contributed by atoms with Gasteiger partial charge >= 0.3 is 5.97 Å². The quantitative estimate of drug-likeness (QED) is 0.616. The van der Waals surface area contributed by atoms with Gasteiger partial charge in [0.25, 0.3) is 10.0 Å². The Kier molecular flexibility index (Phi) is 5.78. The summed E-state index contributed by atoms with van der Waals surface area (Å²) in [6, 6.07) is 4.73. The van der Waals surface area contributed by atoms with Crippen LogP contribution in [0.3, 0.4) is 0 Å². The third-order valence-corrected chi connectivity index (χ3v) is 4.85. The van der Waals surface area contributed by atoms with Gasteiger partial charge in [-0.05, 0) is 45.4 Å². The van der Waals surface area contributed by atoms with E-state index in [1.807, 2.05) is 0 Å². The normalized spacial score (nSPS) is 11.2. The topological polar surface area (TPSA) is 131 Å². The van der Waals surface area contributed by atoms with Gasteiger partial charge in [0.2, 0.25) is 5.95 Å². The number of aryl methyl sites for hydroxylation is 3. The van der Waals surface area contributed by atoms with Crippen LogP contribution in [-0.4, -0.2) is 36.1 Å². The first-order valence-electron chi connectivity index (χ1n) is 7.65. The van der Waals surface area contributed by atoms with Crippen LogP contribution in [0.25, 0.3) is 0 Å². The lowest BCUT2D eigenvalue weighted by Gasteiger charge is -2.15. The number of hydrogen-bond donors (Lipinski definition) is 3. The zero-order valence-corrected chi connectivity index (χ0v) is 15.6. The molecule has 0 saturated heterocycles. The van der Waals surface area contributed by atoms with E-state index in [0.29, 0.717) is 22.5 Å². The van der Waals surface area contributed by atoms with Crippen LogP contribution in [0.15, 0.2) is 23.1 Å². The van der Waals surface area contributed by atoms with Gasteiger partial charge in [-0.1, -0.05) is 6.07 Å². The number of carbonyl (C=O) groups is 1. The van der Waals surface area contributed by atoms with E-state index in [-0.39, 0.29) is 16.6 Å². The highest BCUT2D eigenvalue weighted by Gasteiger charge is 2.21. The fourth-order valence-electron chi connectivity index (χ4n) is 2.41. The van der Waals surface area contributed by atoms with Crippen molar-refractivity contribution >= 4 is 21.9 Å². The molecular weight excluding hydrogens is 360 g/mol. The van der Waals surface area contributed by atoms with Gasteiger partial charge in [0.1, 0.15) is 5.75 Å². The first-order chi connectivity index (χ1) is 12.1. The molecular formula is C16H20N4O5S. The van der Waals surface area contributed by atoms with E-state index >= 15 is 0 Å². The maximum atomic E-state index is 12.6. The molecule has 1 heterocycles. The highest BCUT2D eigenvalue weighted by molar-refractivity contribution is 7.89. The molecule has 0 aliphatic heterocycles. The zero-order chi connectivity index (χ0) is 19.5. The number of anilines is 1. The number of aliphatic carboxylic acids is 1. The second-order valence-electron chi connectivity index (χ2n) is 5.72. The van der Waals surface area contributed by atoms with Crippen molar-refractivity contribution in [3.8, 4) is 5.75 Å². The average molecular weight is 380 g/mol. The van der Waals surface area contributed by atoms with Crippen molar-refractivity contribution in [1.82, 2.24) is 14.8 Å². The fourth-order valence-corrected chi connectivity index (χ4v) is 3.48. The van der Waals surface area contributed by atoms with Gasteiger partial charge in [-0.3, -0.25) is 5.43 Å². The molecule has 0 aliphatic rings. The lowest BCUT2D eigenvalue weighted by molar-refractivity contribution is -0.139. The minimum absolute atomic E-state index is 0.0413. The summed E-state index contributed by atoms with van der Waals surface area (Å²) in [4.78, 5) is 21.1. The van der Waals surface area contributed by atoms with Crippen LogP contribution in [0, 0.1) is 27.7 Å². The third kappa shape index (κ3) is 4.67. The van der Waals surface area contributed by atoms with E-state index < -0.39 is 22.6 Å². The fraction of sp³-hybridized carbons (Fsp3) is 0.312.